The molecule has 2 aromatic carbocycles. The van der Waals surface area contributed by atoms with Gasteiger partial charge in [0.1, 0.15) is 6.04 Å². The van der Waals surface area contributed by atoms with Crippen molar-refractivity contribution in [2.24, 2.45) is 0 Å². The highest BCUT2D eigenvalue weighted by molar-refractivity contribution is 7.89. The fourth-order valence-corrected chi connectivity index (χ4v) is 6.03. The number of piperidine rings is 1. The van der Waals surface area contributed by atoms with Crippen LogP contribution in [0.15, 0.2) is 59.5 Å². The van der Waals surface area contributed by atoms with Crippen molar-refractivity contribution in [1.82, 2.24) is 9.62 Å². The van der Waals surface area contributed by atoms with Gasteiger partial charge >= 0.3 is 0 Å². The number of carbonyl (C=O) groups excluding carboxylic acids is 1. The first-order valence-corrected chi connectivity index (χ1v) is 11.5. The number of nitrogens with zero attached hydrogens (tertiary/aromatic N) is 1. The van der Waals surface area contributed by atoms with Gasteiger partial charge in [0.15, 0.2) is 0 Å². The lowest BCUT2D eigenvalue weighted by atomic mass is 9.87. The van der Waals surface area contributed by atoms with Crippen LogP contribution in [-0.2, 0) is 21.2 Å². The van der Waals surface area contributed by atoms with E-state index in [0.717, 1.165) is 37.7 Å². The quantitative estimate of drug-likeness (QED) is 0.858. The Bertz CT molecular complexity index is 943. The Balaban J connectivity index is 1.56. The normalized spacial score (nSPS) is 23.0. The molecule has 148 valence electrons. The smallest absolute Gasteiger partial charge is 0.243 e. The van der Waals surface area contributed by atoms with Crippen molar-refractivity contribution in [1.29, 1.82) is 0 Å². The highest BCUT2D eigenvalue weighted by Crippen LogP contribution is 2.31. The van der Waals surface area contributed by atoms with Gasteiger partial charge in [-0.25, -0.2) is 8.42 Å². The van der Waals surface area contributed by atoms with Crippen molar-refractivity contribution in [3.63, 3.8) is 0 Å². The zero-order chi connectivity index (χ0) is 19.6. The summed E-state index contributed by atoms with van der Waals surface area (Å²) in [4.78, 5) is 13.4. The van der Waals surface area contributed by atoms with Gasteiger partial charge in [0, 0.05) is 6.54 Å². The van der Waals surface area contributed by atoms with Crippen molar-refractivity contribution < 1.29 is 13.2 Å². The van der Waals surface area contributed by atoms with Gasteiger partial charge in [0.25, 0.3) is 0 Å². The number of rotatable bonds is 4. The molecule has 6 heteroatoms. The van der Waals surface area contributed by atoms with Crippen molar-refractivity contribution in [3.05, 3.63) is 65.7 Å². The van der Waals surface area contributed by atoms with Crippen LogP contribution in [0.4, 0.5) is 0 Å². The highest BCUT2D eigenvalue weighted by Gasteiger charge is 2.38. The fraction of sp³-hybridized carbons (Fsp3) is 0.409. The lowest BCUT2D eigenvalue weighted by Gasteiger charge is -2.35. The molecule has 1 heterocycles. The molecule has 28 heavy (non-hydrogen) atoms. The SMILES string of the molecule is O=C(N[C@H]1CCCc2ccccc21)[C@H]1CCCCN1S(=O)(=O)c1ccccc1. The number of amides is 1. The predicted octanol–water partition coefficient (Wildman–Crippen LogP) is 3.42. The minimum Gasteiger partial charge on any atom is -0.348 e. The van der Waals surface area contributed by atoms with Gasteiger partial charge < -0.3 is 5.32 Å². The molecular formula is C22H26N2O3S. The maximum atomic E-state index is 13.1. The Hall–Kier alpha value is -2.18. The molecule has 4 rings (SSSR count). The summed E-state index contributed by atoms with van der Waals surface area (Å²) in [7, 11) is -3.69. The second kappa shape index (κ2) is 8.05. The van der Waals surface area contributed by atoms with Gasteiger partial charge in [0.05, 0.1) is 10.9 Å². The first-order valence-electron chi connectivity index (χ1n) is 10.0. The zero-order valence-electron chi connectivity index (χ0n) is 15.9. The maximum Gasteiger partial charge on any atom is 0.243 e. The number of benzene rings is 2. The van der Waals surface area contributed by atoms with Gasteiger partial charge in [0.2, 0.25) is 15.9 Å². The molecule has 1 N–H and O–H groups in total. The van der Waals surface area contributed by atoms with Gasteiger partial charge in [-0.2, -0.15) is 4.31 Å². The lowest BCUT2D eigenvalue weighted by molar-refractivity contribution is -0.126. The Labute approximate surface area is 166 Å². The zero-order valence-corrected chi connectivity index (χ0v) is 16.7. The van der Waals surface area contributed by atoms with Crippen molar-refractivity contribution in [2.45, 2.75) is 55.5 Å². The Morgan fingerprint density at radius 2 is 1.68 bits per heavy atom. The third kappa shape index (κ3) is 3.71. The van der Waals surface area contributed by atoms with Crippen LogP contribution >= 0.6 is 0 Å². The molecule has 0 aromatic heterocycles. The molecule has 5 nitrogen and oxygen atoms in total. The Kier molecular flexibility index (Phi) is 5.51. The van der Waals surface area contributed by atoms with E-state index in [1.54, 1.807) is 30.3 Å². The number of sulfonamides is 1. The van der Waals surface area contributed by atoms with E-state index in [-0.39, 0.29) is 16.8 Å². The third-order valence-electron chi connectivity index (χ3n) is 5.79. The van der Waals surface area contributed by atoms with Crippen LogP contribution in [0.25, 0.3) is 0 Å². The molecule has 0 bridgehead atoms. The van der Waals surface area contributed by atoms with Crippen molar-refractivity contribution in [2.75, 3.05) is 6.54 Å². The standard InChI is InChI=1S/C22H26N2O3S/c25-22(23-20-14-8-10-17-9-4-5-13-19(17)20)21-15-6-7-16-24(21)28(26,27)18-11-2-1-3-12-18/h1-5,9,11-13,20-21H,6-8,10,14-16H2,(H,23,25)/t20-,21+/m0/s1. The molecule has 2 atom stereocenters. The Morgan fingerprint density at radius 3 is 2.50 bits per heavy atom. The summed E-state index contributed by atoms with van der Waals surface area (Å²) in [6.07, 6.45) is 5.15. The van der Waals surface area contributed by atoms with Gasteiger partial charge in [-0.3, -0.25) is 4.79 Å². The van der Waals surface area contributed by atoms with Crippen LogP contribution in [-0.4, -0.2) is 31.2 Å². The van der Waals surface area contributed by atoms with Crippen LogP contribution in [0.5, 0.6) is 0 Å². The summed E-state index contributed by atoms with van der Waals surface area (Å²) in [6.45, 7) is 0.385. The molecule has 1 amide bonds. The van der Waals surface area contributed by atoms with E-state index in [1.165, 1.54) is 9.87 Å². The summed E-state index contributed by atoms with van der Waals surface area (Å²) in [6, 6.07) is 15.9. The van der Waals surface area contributed by atoms with E-state index in [4.69, 9.17) is 0 Å². The van der Waals surface area contributed by atoms with E-state index < -0.39 is 16.1 Å². The summed E-state index contributed by atoms with van der Waals surface area (Å²) in [5.74, 6) is -0.180. The van der Waals surface area contributed by atoms with E-state index in [0.29, 0.717) is 13.0 Å². The monoisotopic (exact) mass is 398 g/mol. The lowest BCUT2D eigenvalue weighted by Crippen LogP contribution is -2.52. The van der Waals surface area contributed by atoms with Crippen LogP contribution in [0.3, 0.4) is 0 Å². The second-order valence-corrected chi connectivity index (χ2v) is 9.48. The molecule has 0 unspecified atom stereocenters. The fourth-order valence-electron chi connectivity index (χ4n) is 4.35. The largest absolute Gasteiger partial charge is 0.348 e. The number of carbonyl (C=O) groups is 1. The number of fused-ring (bicyclic) bond motifs is 1. The van der Waals surface area contributed by atoms with Crippen LogP contribution in [0.1, 0.15) is 49.3 Å². The minimum absolute atomic E-state index is 0.0411. The summed E-state index contributed by atoms with van der Waals surface area (Å²) in [5.41, 5.74) is 2.44. The summed E-state index contributed by atoms with van der Waals surface area (Å²) >= 11 is 0. The first-order chi connectivity index (χ1) is 13.6. The number of nitrogens with one attached hydrogen (secondary N) is 1. The second-order valence-electron chi connectivity index (χ2n) is 7.59. The predicted molar refractivity (Wildman–Crippen MR) is 108 cm³/mol. The molecule has 2 aromatic rings. The molecule has 1 saturated heterocycles. The van der Waals surface area contributed by atoms with E-state index in [1.807, 2.05) is 12.1 Å². The number of hydrogen-bond donors (Lipinski definition) is 1. The molecule has 0 spiro atoms. The molecular weight excluding hydrogens is 372 g/mol. The molecule has 1 fully saturated rings. The van der Waals surface area contributed by atoms with E-state index in [9.17, 15) is 13.2 Å². The molecule has 1 aliphatic carbocycles. The molecule has 0 saturated carbocycles. The number of hydrogen-bond acceptors (Lipinski definition) is 3. The summed E-state index contributed by atoms with van der Waals surface area (Å²) < 4.78 is 27.7. The first kappa shape index (κ1) is 19.2. The molecule has 0 radical (unpaired) electrons. The topological polar surface area (TPSA) is 66.5 Å². The average molecular weight is 399 g/mol. The molecule has 1 aliphatic heterocycles. The average Bonchev–Trinajstić information content (AvgIpc) is 2.74. The van der Waals surface area contributed by atoms with E-state index in [2.05, 4.69) is 17.4 Å². The third-order valence-corrected chi connectivity index (χ3v) is 7.71. The van der Waals surface area contributed by atoms with Crippen LogP contribution < -0.4 is 5.32 Å². The van der Waals surface area contributed by atoms with Gasteiger partial charge in [-0.1, -0.05) is 48.9 Å². The van der Waals surface area contributed by atoms with Gasteiger partial charge in [-0.15, -0.1) is 0 Å². The highest BCUT2D eigenvalue weighted by atomic mass is 32.2. The van der Waals surface area contributed by atoms with Crippen molar-refractivity contribution in [3.8, 4) is 0 Å². The van der Waals surface area contributed by atoms with Crippen molar-refractivity contribution >= 4 is 15.9 Å². The number of aryl methyl sites for hydroxylation is 1. The van der Waals surface area contributed by atoms with Crippen LogP contribution in [0.2, 0.25) is 0 Å². The minimum atomic E-state index is -3.69. The van der Waals surface area contributed by atoms with E-state index >= 15 is 0 Å². The van der Waals surface area contributed by atoms with Gasteiger partial charge in [-0.05, 0) is 55.4 Å². The maximum absolute atomic E-state index is 13.1. The summed E-state index contributed by atoms with van der Waals surface area (Å²) in [5, 5.41) is 3.15. The molecule has 2 aliphatic rings. The Morgan fingerprint density at radius 1 is 0.929 bits per heavy atom. The van der Waals surface area contributed by atoms with Crippen LogP contribution in [0, 0.1) is 0 Å².